The largest absolute Gasteiger partial charge is 0.383 e. The fourth-order valence-electron chi connectivity index (χ4n) is 3.84. The van der Waals surface area contributed by atoms with Gasteiger partial charge in [-0.15, -0.1) is 5.10 Å². The Morgan fingerprint density at radius 2 is 1.88 bits per heavy atom. The molecule has 0 bridgehead atoms. The lowest BCUT2D eigenvalue weighted by molar-refractivity contribution is -0.127. The minimum atomic E-state index is -0.912. The molecule has 2 aromatic carbocycles. The number of methoxy groups -OCH3 is 1. The van der Waals surface area contributed by atoms with Gasteiger partial charge < -0.3 is 10.1 Å². The third-order valence-electron chi connectivity index (χ3n) is 5.49. The fraction of sp³-hybridized carbons (Fsp3) is 0.240. The summed E-state index contributed by atoms with van der Waals surface area (Å²) in [7, 11) is 1.57. The highest BCUT2D eigenvalue weighted by Crippen LogP contribution is 2.30. The maximum Gasteiger partial charge on any atom is 0.249 e. The van der Waals surface area contributed by atoms with Crippen molar-refractivity contribution in [2.45, 2.75) is 19.5 Å². The maximum absolute atomic E-state index is 13.8. The summed E-state index contributed by atoms with van der Waals surface area (Å²) in [6, 6.07) is 17.5. The van der Waals surface area contributed by atoms with E-state index in [0.717, 1.165) is 16.6 Å². The first-order valence-corrected chi connectivity index (χ1v) is 10.9. The van der Waals surface area contributed by atoms with Crippen molar-refractivity contribution in [1.82, 2.24) is 25.3 Å². The fourth-order valence-corrected chi connectivity index (χ4v) is 3.84. The molecule has 0 radical (unpaired) electrons. The Morgan fingerprint density at radius 1 is 1.09 bits per heavy atom. The number of para-hydroxylation sites is 1. The molecule has 4 aromatic rings. The quantitative estimate of drug-likeness (QED) is 0.387. The molecule has 0 saturated carbocycles. The molecule has 9 heteroatoms. The predicted molar refractivity (Wildman–Crippen MR) is 128 cm³/mol. The van der Waals surface area contributed by atoms with Crippen LogP contribution in [0.2, 0.25) is 0 Å². The Bertz CT molecular complexity index is 1270. The van der Waals surface area contributed by atoms with Crippen molar-refractivity contribution in [3.05, 3.63) is 84.2 Å². The van der Waals surface area contributed by atoms with Crippen LogP contribution in [0.3, 0.4) is 0 Å². The summed E-state index contributed by atoms with van der Waals surface area (Å²) in [4.78, 5) is 33.0. The number of rotatable bonds is 9. The molecule has 1 atom stereocenters. The average Bonchev–Trinajstić information content (AvgIpc) is 3.26. The van der Waals surface area contributed by atoms with Crippen LogP contribution in [0.25, 0.3) is 11.0 Å². The Hall–Kier alpha value is -4.11. The van der Waals surface area contributed by atoms with Crippen LogP contribution in [-0.2, 0) is 20.9 Å². The highest BCUT2D eigenvalue weighted by Gasteiger charge is 2.34. The number of ether oxygens (including phenoxy) is 1. The summed E-state index contributed by atoms with van der Waals surface area (Å²) in [5, 5.41) is 11.2. The van der Waals surface area contributed by atoms with Gasteiger partial charge in [0.1, 0.15) is 18.1 Å². The molecule has 0 saturated heterocycles. The SMILES string of the molecule is COCCNC(=O)[C@H](c1ccccc1C)N(C(=O)Cn1nnc2ccccc21)c1cccnc1. The van der Waals surface area contributed by atoms with E-state index in [4.69, 9.17) is 4.74 Å². The van der Waals surface area contributed by atoms with Gasteiger partial charge in [-0.05, 0) is 42.3 Å². The summed E-state index contributed by atoms with van der Waals surface area (Å²) in [5.41, 5.74) is 3.54. The monoisotopic (exact) mass is 458 g/mol. The molecular formula is C25H26N6O3. The zero-order chi connectivity index (χ0) is 23.9. The summed E-state index contributed by atoms with van der Waals surface area (Å²) >= 11 is 0. The standard InChI is InChI=1S/C25H26N6O3/c1-18-8-3-4-10-20(18)24(25(33)27-14-15-34-2)31(19-9-7-13-26-16-19)23(32)17-30-22-12-6-5-11-21(22)28-29-30/h3-13,16,24H,14-15,17H2,1-2H3,(H,27,33)/t24-/m0/s1. The molecule has 4 rings (SSSR count). The topological polar surface area (TPSA) is 102 Å². The Morgan fingerprint density at radius 3 is 2.65 bits per heavy atom. The lowest BCUT2D eigenvalue weighted by Gasteiger charge is -2.32. The number of carbonyl (C=O) groups is 2. The first kappa shape index (κ1) is 23.1. The van der Waals surface area contributed by atoms with Crippen LogP contribution in [0, 0.1) is 6.92 Å². The van der Waals surface area contributed by atoms with Gasteiger partial charge in [-0.1, -0.05) is 41.6 Å². The highest BCUT2D eigenvalue weighted by atomic mass is 16.5. The lowest BCUT2D eigenvalue weighted by Crippen LogP contribution is -2.46. The van der Waals surface area contributed by atoms with E-state index < -0.39 is 6.04 Å². The number of amides is 2. The van der Waals surface area contributed by atoms with E-state index in [1.54, 1.807) is 36.3 Å². The summed E-state index contributed by atoms with van der Waals surface area (Å²) < 4.78 is 6.62. The lowest BCUT2D eigenvalue weighted by atomic mass is 9.98. The van der Waals surface area contributed by atoms with E-state index in [2.05, 4.69) is 20.6 Å². The second-order valence-electron chi connectivity index (χ2n) is 7.75. The first-order chi connectivity index (χ1) is 16.6. The molecule has 0 aliphatic rings. The predicted octanol–water partition coefficient (Wildman–Crippen LogP) is 2.67. The van der Waals surface area contributed by atoms with E-state index in [-0.39, 0.29) is 18.4 Å². The van der Waals surface area contributed by atoms with E-state index >= 15 is 0 Å². The maximum atomic E-state index is 13.8. The van der Waals surface area contributed by atoms with Gasteiger partial charge in [-0.3, -0.25) is 19.5 Å². The minimum absolute atomic E-state index is 0.0941. The molecular weight excluding hydrogens is 432 g/mol. The number of hydrogen-bond donors (Lipinski definition) is 1. The molecule has 0 aliphatic heterocycles. The van der Waals surface area contributed by atoms with Gasteiger partial charge in [-0.25, -0.2) is 4.68 Å². The number of benzene rings is 2. The molecule has 2 heterocycles. The van der Waals surface area contributed by atoms with Gasteiger partial charge in [0.15, 0.2) is 0 Å². The van der Waals surface area contributed by atoms with Crippen LogP contribution in [0.4, 0.5) is 5.69 Å². The van der Waals surface area contributed by atoms with Crippen molar-refractivity contribution in [2.24, 2.45) is 0 Å². The van der Waals surface area contributed by atoms with Gasteiger partial charge >= 0.3 is 0 Å². The zero-order valence-electron chi connectivity index (χ0n) is 19.1. The highest BCUT2D eigenvalue weighted by molar-refractivity contribution is 6.01. The Labute approximate surface area is 197 Å². The van der Waals surface area contributed by atoms with Crippen molar-refractivity contribution in [3.63, 3.8) is 0 Å². The molecule has 2 amide bonds. The van der Waals surface area contributed by atoms with Gasteiger partial charge in [0.2, 0.25) is 11.8 Å². The van der Waals surface area contributed by atoms with Gasteiger partial charge in [0.05, 0.1) is 24.0 Å². The number of aryl methyl sites for hydroxylation is 1. The smallest absolute Gasteiger partial charge is 0.249 e. The first-order valence-electron chi connectivity index (χ1n) is 10.9. The third-order valence-corrected chi connectivity index (χ3v) is 5.49. The number of aromatic nitrogens is 4. The average molecular weight is 459 g/mol. The second-order valence-corrected chi connectivity index (χ2v) is 7.75. The van der Waals surface area contributed by atoms with Crippen LogP contribution in [0.15, 0.2) is 73.1 Å². The molecule has 0 unspecified atom stereocenters. The van der Waals surface area contributed by atoms with Gasteiger partial charge in [-0.2, -0.15) is 0 Å². The van der Waals surface area contributed by atoms with Crippen LogP contribution in [0.1, 0.15) is 17.2 Å². The summed E-state index contributed by atoms with van der Waals surface area (Å²) in [5.74, 6) is -0.634. The van der Waals surface area contributed by atoms with Gasteiger partial charge in [0, 0.05) is 19.9 Å². The molecule has 0 spiro atoms. The van der Waals surface area contributed by atoms with E-state index in [0.29, 0.717) is 24.4 Å². The van der Waals surface area contributed by atoms with Crippen LogP contribution < -0.4 is 10.2 Å². The molecule has 0 aliphatic carbocycles. The summed E-state index contributed by atoms with van der Waals surface area (Å²) in [6.07, 6.45) is 3.20. The van der Waals surface area contributed by atoms with E-state index in [1.165, 1.54) is 4.90 Å². The number of hydrogen-bond acceptors (Lipinski definition) is 6. The number of pyridine rings is 1. The normalized spacial score (nSPS) is 11.8. The Balaban J connectivity index is 1.77. The third kappa shape index (κ3) is 4.94. The molecule has 34 heavy (non-hydrogen) atoms. The number of anilines is 1. The van der Waals surface area contributed by atoms with Crippen molar-refractivity contribution < 1.29 is 14.3 Å². The zero-order valence-corrected chi connectivity index (χ0v) is 19.1. The molecule has 1 N–H and O–H groups in total. The Kier molecular flexibility index (Phi) is 7.24. The number of nitrogens with one attached hydrogen (secondary N) is 1. The minimum Gasteiger partial charge on any atom is -0.383 e. The van der Waals surface area contributed by atoms with Crippen molar-refractivity contribution >= 4 is 28.5 Å². The van der Waals surface area contributed by atoms with Crippen molar-refractivity contribution in [1.29, 1.82) is 0 Å². The molecule has 174 valence electrons. The molecule has 2 aromatic heterocycles. The van der Waals surface area contributed by atoms with Gasteiger partial charge in [0.25, 0.3) is 0 Å². The molecule has 9 nitrogen and oxygen atoms in total. The number of carbonyl (C=O) groups excluding carboxylic acids is 2. The van der Waals surface area contributed by atoms with Crippen LogP contribution in [-0.4, -0.2) is 52.1 Å². The van der Waals surface area contributed by atoms with Crippen LogP contribution in [0.5, 0.6) is 0 Å². The van der Waals surface area contributed by atoms with Crippen LogP contribution >= 0.6 is 0 Å². The van der Waals surface area contributed by atoms with Crippen molar-refractivity contribution in [3.8, 4) is 0 Å². The summed E-state index contributed by atoms with van der Waals surface area (Å²) in [6.45, 7) is 2.50. The van der Waals surface area contributed by atoms with E-state index in [9.17, 15) is 9.59 Å². The number of nitrogens with zero attached hydrogens (tertiary/aromatic N) is 5. The van der Waals surface area contributed by atoms with E-state index in [1.807, 2.05) is 55.5 Å². The second kappa shape index (κ2) is 10.7. The molecule has 0 fully saturated rings. The van der Waals surface area contributed by atoms with Crippen molar-refractivity contribution in [2.75, 3.05) is 25.2 Å². The number of fused-ring (bicyclic) bond motifs is 1.